The number of amides is 1. The first-order valence-electron chi connectivity index (χ1n) is 10.4. The molecule has 2 saturated heterocycles. The first kappa shape index (κ1) is 20.2. The van der Waals surface area contributed by atoms with Crippen molar-refractivity contribution in [2.24, 2.45) is 11.8 Å². The molecular formula is C22H35N3O2. The second-order valence-electron chi connectivity index (χ2n) is 8.45. The van der Waals surface area contributed by atoms with Crippen LogP contribution in [0, 0.1) is 11.8 Å². The Morgan fingerprint density at radius 1 is 1.04 bits per heavy atom. The van der Waals surface area contributed by atoms with Gasteiger partial charge in [-0.15, -0.1) is 0 Å². The Labute approximate surface area is 163 Å². The van der Waals surface area contributed by atoms with Crippen LogP contribution in [0.4, 0.5) is 5.69 Å². The van der Waals surface area contributed by atoms with E-state index >= 15 is 0 Å². The highest BCUT2D eigenvalue weighted by atomic mass is 16.3. The zero-order valence-electron chi connectivity index (χ0n) is 16.9. The molecule has 1 aromatic rings. The normalized spacial score (nSPS) is 24.0. The molecule has 0 spiro atoms. The predicted octanol–water partition coefficient (Wildman–Crippen LogP) is 2.24. The standard InChI is InChI=1S/C22H35N3O2/c1-23(2)21-9-7-18(8-10-21)13-22(27)25-15-19(20(16-25)17-26)14-24-11-5-3-4-6-12-24/h7-10,19-20,26H,3-6,11-17H2,1-2H3/t19-,20-/m1/s1. The third kappa shape index (κ3) is 5.45. The predicted molar refractivity (Wildman–Crippen MR) is 110 cm³/mol. The van der Waals surface area contributed by atoms with Crippen LogP contribution in [0.1, 0.15) is 31.2 Å². The van der Waals surface area contributed by atoms with Crippen molar-refractivity contribution in [3.63, 3.8) is 0 Å². The molecule has 2 aliphatic heterocycles. The van der Waals surface area contributed by atoms with Gasteiger partial charge in [0.05, 0.1) is 6.42 Å². The van der Waals surface area contributed by atoms with Gasteiger partial charge in [0.15, 0.2) is 0 Å². The molecule has 2 fully saturated rings. The molecule has 5 nitrogen and oxygen atoms in total. The van der Waals surface area contributed by atoms with Crippen LogP contribution in [-0.4, -0.2) is 74.2 Å². The minimum absolute atomic E-state index is 0.180. The van der Waals surface area contributed by atoms with Gasteiger partial charge in [0, 0.05) is 51.9 Å². The van der Waals surface area contributed by atoms with Gasteiger partial charge in [-0.1, -0.05) is 25.0 Å². The fourth-order valence-electron chi connectivity index (χ4n) is 4.40. The fourth-order valence-corrected chi connectivity index (χ4v) is 4.40. The van der Waals surface area contributed by atoms with E-state index in [9.17, 15) is 9.90 Å². The number of aliphatic hydroxyl groups is 1. The molecule has 0 aromatic heterocycles. The first-order chi connectivity index (χ1) is 13.1. The molecule has 27 heavy (non-hydrogen) atoms. The summed E-state index contributed by atoms with van der Waals surface area (Å²) in [5, 5.41) is 9.83. The Bertz CT molecular complexity index is 594. The van der Waals surface area contributed by atoms with Crippen molar-refractivity contribution in [3.05, 3.63) is 29.8 Å². The number of nitrogens with zero attached hydrogens (tertiary/aromatic N) is 3. The van der Waals surface area contributed by atoms with E-state index in [2.05, 4.69) is 21.9 Å². The van der Waals surface area contributed by atoms with E-state index in [1.54, 1.807) is 0 Å². The lowest BCUT2D eigenvalue weighted by molar-refractivity contribution is -0.129. The highest BCUT2D eigenvalue weighted by molar-refractivity contribution is 5.79. The van der Waals surface area contributed by atoms with Crippen molar-refractivity contribution >= 4 is 11.6 Å². The zero-order valence-corrected chi connectivity index (χ0v) is 16.9. The van der Waals surface area contributed by atoms with Gasteiger partial charge in [-0.25, -0.2) is 0 Å². The summed E-state index contributed by atoms with van der Waals surface area (Å²) in [6.07, 6.45) is 5.68. The SMILES string of the molecule is CN(C)c1ccc(CC(=O)N2C[C@@H](CN3CCCCCC3)[C@@H](CO)C2)cc1. The Hall–Kier alpha value is -1.59. The quantitative estimate of drug-likeness (QED) is 0.831. The molecule has 0 radical (unpaired) electrons. The number of carbonyl (C=O) groups is 1. The summed E-state index contributed by atoms with van der Waals surface area (Å²) in [5.41, 5.74) is 2.20. The summed E-state index contributed by atoms with van der Waals surface area (Å²) in [5.74, 6) is 0.797. The van der Waals surface area contributed by atoms with Crippen LogP contribution >= 0.6 is 0 Å². The molecular weight excluding hydrogens is 338 g/mol. The molecule has 0 aliphatic carbocycles. The lowest BCUT2D eigenvalue weighted by Crippen LogP contribution is -2.35. The van der Waals surface area contributed by atoms with Gasteiger partial charge in [-0.2, -0.15) is 0 Å². The highest BCUT2D eigenvalue weighted by Gasteiger charge is 2.35. The Balaban J connectivity index is 1.55. The summed E-state index contributed by atoms with van der Waals surface area (Å²) in [4.78, 5) is 19.4. The van der Waals surface area contributed by atoms with Crippen molar-refractivity contribution in [1.82, 2.24) is 9.80 Å². The molecule has 2 atom stereocenters. The van der Waals surface area contributed by atoms with Gasteiger partial charge >= 0.3 is 0 Å². The number of hydrogen-bond acceptors (Lipinski definition) is 4. The number of benzene rings is 1. The number of aliphatic hydroxyl groups excluding tert-OH is 1. The largest absolute Gasteiger partial charge is 0.396 e. The second kappa shape index (κ2) is 9.56. The van der Waals surface area contributed by atoms with Gasteiger partial charge in [0.2, 0.25) is 5.91 Å². The maximum atomic E-state index is 12.8. The topological polar surface area (TPSA) is 47.0 Å². The molecule has 0 saturated carbocycles. The average Bonchev–Trinajstić information content (AvgIpc) is 2.89. The minimum Gasteiger partial charge on any atom is -0.396 e. The van der Waals surface area contributed by atoms with E-state index in [0.717, 1.165) is 24.3 Å². The first-order valence-corrected chi connectivity index (χ1v) is 10.4. The third-order valence-electron chi connectivity index (χ3n) is 6.16. The Kier molecular flexibility index (Phi) is 7.13. The van der Waals surface area contributed by atoms with E-state index in [1.807, 2.05) is 31.1 Å². The summed E-state index contributed by atoms with van der Waals surface area (Å²) in [6.45, 7) is 5.02. The smallest absolute Gasteiger partial charge is 0.227 e. The van der Waals surface area contributed by atoms with Crippen molar-refractivity contribution in [1.29, 1.82) is 0 Å². The number of rotatable bonds is 6. The second-order valence-corrected chi connectivity index (χ2v) is 8.45. The lowest BCUT2D eigenvalue weighted by atomic mass is 9.96. The van der Waals surface area contributed by atoms with Gasteiger partial charge in [-0.05, 0) is 49.5 Å². The molecule has 1 N–H and O–H groups in total. The fraction of sp³-hybridized carbons (Fsp3) is 0.682. The van der Waals surface area contributed by atoms with Crippen molar-refractivity contribution in [2.75, 3.05) is 58.3 Å². The van der Waals surface area contributed by atoms with Crippen LogP contribution in [0.2, 0.25) is 0 Å². The monoisotopic (exact) mass is 373 g/mol. The van der Waals surface area contributed by atoms with E-state index < -0.39 is 0 Å². The number of likely N-dealkylation sites (tertiary alicyclic amines) is 2. The van der Waals surface area contributed by atoms with Crippen LogP contribution < -0.4 is 4.90 Å². The molecule has 1 aromatic carbocycles. The lowest BCUT2D eigenvalue weighted by Gasteiger charge is -2.26. The maximum Gasteiger partial charge on any atom is 0.227 e. The van der Waals surface area contributed by atoms with Gasteiger partial charge < -0.3 is 19.8 Å². The van der Waals surface area contributed by atoms with Crippen molar-refractivity contribution < 1.29 is 9.90 Å². The van der Waals surface area contributed by atoms with Crippen LogP contribution in [0.3, 0.4) is 0 Å². The molecule has 1 amide bonds. The number of carbonyl (C=O) groups excluding carboxylic acids is 1. The highest BCUT2D eigenvalue weighted by Crippen LogP contribution is 2.26. The summed E-state index contributed by atoms with van der Waals surface area (Å²) in [6, 6.07) is 8.21. The molecule has 2 heterocycles. The van der Waals surface area contributed by atoms with Crippen LogP contribution in [-0.2, 0) is 11.2 Å². The van der Waals surface area contributed by atoms with Crippen molar-refractivity contribution in [3.8, 4) is 0 Å². The molecule has 0 unspecified atom stereocenters. The van der Waals surface area contributed by atoms with Crippen LogP contribution in [0.15, 0.2) is 24.3 Å². The van der Waals surface area contributed by atoms with E-state index in [1.165, 1.54) is 38.8 Å². The Morgan fingerprint density at radius 2 is 1.67 bits per heavy atom. The maximum absolute atomic E-state index is 12.8. The minimum atomic E-state index is 0.180. The molecule has 2 aliphatic rings. The molecule has 5 heteroatoms. The zero-order chi connectivity index (χ0) is 19.2. The summed E-state index contributed by atoms with van der Waals surface area (Å²) in [7, 11) is 4.04. The van der Waals surface area contributed by atoms with Crippen LogP contribution in [0.5, 0.6) is 0 Å². The van der Waals surface area contributed by atoms with E-state index in [0.29, 0.717) is 18.9 Å². The average molecular weight is 374 g/mol. The molecule has 0 bridgehead atoms. The van der Waals surface area contributed by atoms with E-state index in [-0.39, 0.29) is 18.4 Å². The summed E-state index contributed by atoms with van der Waals surface area (Å²) >= 11 is 0. The van der Waals surface area contributed by atoms with Gasteiger partial charge in [-0.3, -0.25) is 4.79 Å². The molecule has 150 valence electrons. The van der Waals surface area contributed by atoms with Gasteiger partial charge in [0.25, 0.3) is 0 Å². The molecule has 3 rings (SSSR count). The Morgan fingerprint density at radius 3 is 2.26 bits per heavy atom. The summed E-state index contributed by atoms with van der Waals surface area (Å²) < 4.78 is 0. The van der Waals surface area contributed by atoms with E-state index in [4.69, 9.17) is 0 Å². The van der Waals surface area contributed by atoms with Crippen molar-refractivity contribution in [2.45, 2.75) is 32.1 Å². The number of hydrogen-bond donors (Lipinski definition) is 1. The third-order valence-corrected chi connectivity index (χ3v) is 6.16. The van der Waals surface area contributed by atoms with Gasteiger partial charge in [0.1, 0.15) is 0 Å². The van der Waals surface area contributed by atoms with Crippen LogP contribution in [0.25, 0.3) is 0 Å². The number of anilines is 1.